The normalized spacial score (nSPS) is 10.4. The number of hydrogen-bond acceptors (Lipinski definition) is 4. The highest BCUT2D eigenvalue weighted by Crippen LogP contribution is 2.17. The summed E-state index contributed by atoms with van der Waals surface area (Å²) in [6, 6.07) is 0. The van der Waals surface area contributed by atoms with Crippen molar-refractivity contribution in [1.29, 1.82) is 0 Å². The summed E-state index contributed by atoms with van der Waals surface area (Å²) in [5, 5.41) is 4.27. The van der Waals surface area contributed by atoms with Crippen molar-refractivity contribution in [2.45, 2.75) is 13.8 Å². The van der Waals surface area contributed by atoms with Crippen LogP contribution in [-0.4, -0.2) is 19.7 Å². The van der Waals surface area contributed by atoms with Crippen LogP contribution in [0.5, 0.6) is 0 Å². The number of nitrogen functional groups attached to an aromatic ring is 1. The molecule has 5 heteroatoms. The molecule has 0 bridgehead atoms. The van der Waals surface area contributed by atoms with Gasteiger partial charge in [-0.15, -0.1) is 0 Å². The van der Waals surface area contributed by atoms with Crippen LogP contribution in [0.25, 0.3) is 5.82 Å². The van der Waals surface area contributed by atoms with Crippen LogP contribution in [0.15, 0.2) is 18.6 Å². The van der Waals surface area contributed by atoms with Gasteiger partial charge in [-0.25, -0.2) is 9.67 Å². The highest BCUT2D eigenvalue weighted by molar-refractivity contribution is 5.49. The number of anilines is 1. The van der Waals surface area contributed by atoms with E-state index in [0.717, 1.165) is 11.4 Å². The van der Waals surface area contributed by atoms with Gasteiger partial charge in [0.1, 0.15) is 0 Å². The Morgan fingerprint density at radius 2 is 2.07 bits per heavy atom. The molecular weight excluding hydrogens is 178 g/mol. The molecule has 0 saturated carbocycles. The first-order valence-electron chi connectivity index (χ1n) is 4.28. The molecule has 0 spiro atoms. The third-order valence-electron chi connectivity index (χ3n) is 2.11. The van der Waals surface area contributed by atoms with Crippen molar-refractivity contribution in [3.05, 3.63) is 30.0 Å². The van der Waals surface area contributed by atoms with Gasteiger partial charge in [-0.2, -0.15) is 5.10 Å². The van der Waals surface area contributed by atoms with Crippen LogP contribution < -0.4 is 5.73 Å². The van der Waals surface area contributed by atoms with E-state index in [2.05, 4.69) is 15.1 Å². The summed E-state index contributed by atoms with van der Waals surface area (Å²) in [4.78, 5) is 8.12. The van der Waals surface area contributed by atoms with Gasteiger partial charge in [0.15, 0.2) is 5.82 Å². The van der Waals surface area contributed by atoms with Crippen LogP contribution in [0.2, 0.25) is 0 Å². The quantitative estimate of drug-likeness (QED) is 0.722. The molecule has 5 nitrogen and oxygen atoms in total. The highest BCUT2D eigenvalue weighted by atomic mass is 15.3. The fourth-order valence-corrected chi connectivity index (χ4v) is 1.28. The maximum Gasteiger partial charge on any atom is 0.172 e. The van der Waals surface area contributed by atoms with Gasteiger partial charge in [0.05, 0.1) is 23.3 Å². The average molecular weight is 189 g/mol. The predicted molar refractivity (Wildman–Crippen MR) is 53.0 cm³/mol. The van der Waals surface area contributed by atoms with Crippen molar-refractivity contribution in [2.75, 3.05) is 5.73 Å². The van der Waals surface area contributed by atoms with Gasteiger partial charge in [0, 0.05) is 12.4 Å². The molecule has 0 fully saturated rings. The third kappa shape index (κ3) is 1.22. The smallest absolute Gasteiger partial charge is 0.172 e. The number of aryl methyl sites for hydroxylation is 1. The minimum absolute atomic E-state index is 0.685. The summed E-state index contributed by atoms with van der Waals surface area (Å²) < 4.78 is 1.69. The van der Waals surface area contributed by atoms with E-state index in [0.29, 0.717) is 11.5 Å². The van der Waals surface area contributed by atoms with Gasteiger partial charge >= 0.3 is 0 Å². The molecule has 2 aromatic heterocycles. The maximum absolute atomic E-state index is 5.81. The first-order valence-corrected chi connectivity index (χ1v) is 4.28. The monoisotopic (exact) mass is 189 g/mol. The lowest BCUT2D eigenvalue weighted by atomic mass is 10.3. The van der Waals surface area contributed by atoms with Gasteiger partial charge in [0.25, 0.3) is 0 Å². The maximum atomic E-state index is 5.81. The van der Waals surface area contributed by atoms with E-state index in [9.17, 15) is 0 Å². The Labute approximate surface area is 81.6 Å². The number of aromatic nitrogens is 4. The molecule has 0 aliphatic rings. The predicted octanol–water partition coefficient (Wildman–Crippen LogP) is 0.861. The summed E-state index contributed by atoms with van der Waals surface area (Å²) in [5.41, 5.74) is 8.22. The lowest BCUT2D eigenvalue weighted by Gasteiger charge is -2.00. The fourth-order valence-electron chi connectivity index (χ4n) is 1.28. The zero-order valence-electron chi connectivity index (χ0n) is 8.10. The number of rotatable bonds is 1. The van der Waals surface area contributed by atoms with Gasteiger partial charge in [-0.1, -0.05) is 0 Å². The molecule has 2 rings (SSSR count). The molecule has 0 aliphatic carbocycles. The number of nitrogens with two attached hydrogens (primary N) is 1. The Kier molecular flexibility index (Phi) is 1.92. The SMILES string of the molecule is Cc1nn(-c2cnccn2)c(C)c1N. The first-order chi connectivity index (χ1) is 6.70. The van der Waals surface area contributed by atoms with E-state index >= 15 is 0 Å². The average Bonchev–Trinajstić information content (AvgIpc) is 2.47. The van der Waals surface area contributed by atoms with Crippen molar-refractivity contribution in [1.82, 2.24) is 19.7 Å². The molecule has 0 amide bonds. The van der Waals surface area contributed by atoms with Crippen molar-refractivity contribution < 1.29 is 0 Å². The highest BCUT2D eigenvalue weighted by Gasteiger charge is 2.09. The van der Waals surface area contributed by atoms with E-state index in [-0.39, 0.29) is 0 Å². The van der Waals surface area contributed by atoms with Crippen LogP contribution in [0, 0.1) is 13.8 Å². The van der Waals surface area contributed by atoms with E-state index in [4.69, 9.17) is 5.73 Å². The summed E-state index contributed by atoms with van der Waals surface area (Å²) in [5.74, 6) is 0.685. The molecule has 0 unspecified atom stereocenters. The molecule has 72 valence electrons. The van der Waals surface area contributed by atoms with Crippen molar-refractivity contribution in [3.63, 3.8) is 0 Å². The summed E-state index contributed by atoms with van der Waals surface area (Å²) in [6.07, 6.45) is 4.90. The summed E-state index contributed by atoms with van der Waals surface area (Å²) in [6.45, 7) is 3.78. The number of hydrogen-bond donors (Lipinski definition) is 1. The van der Waals surface area contributed by atoms with Crippen LogP contribution in [0.3, 0.4) is 0 Å². The second-order valence-electron chi connectivity index (χ2n) is 3.06. The van der Waals surface area contributed by atoms with Crippen LogP contribution in [0.1, 0.15) is 11.4 Å². The zero-order valence-corrected chi connectivity index (χ0v) is 8.10. The van der Waals surface area contributed by atoms with Gasteiger partial charge in [0.2, 0.25) is 0 Å². The fraction of sp³-hybridized carbons (Fsp3) is 0.222. The zero-order chi connectivity index (χ0) is 10.1. The Bertz CT molecular complexity index is 446. The van der Waals surface area contributed by atoms with Crippen molar-refractivity contribution >= 4 is 5.69 Å². The van der Waals surface area contributed by atoms with E-state index in [1.54, 1.807) is 23.3 Å². The molecule has 2 aromatic rings. The standard InChI is InChI=1S/C9H11N5/c1-6-9(10)7(2)14(13-6)8-5-11-3-4-12-8/h3-5H,10H2,1-2H3. The second-order valence-corrected chi connectivity index (χ2v) is 3.06. The third-order valence-corrected chi connectivity index (χ3v) is 2.11. The minimum Gasteiger partial charge on any atom is -0.396 e. The van der Waals surface area contributed by atoms with Crippen LogP contribution in [-0.2, 0) is 0 Å². The second kappa shape index (κ2) is 3.10. The lowest BCUT2D eigenvalue weighted by Crippen LogP contribution is -2.02. The van der Waals surface area contributed by atoms with Crippen molar-refractivity contribution in [2.24, 2.45) is 0 Å². The van der Waals surface area contributed by atoms with Crippen molar-refractivity contribution in [3.8, 4) is 5.82 Å². The Morgan fingerprint density at radius 3 is 2.57 bits per heavy atom. The largest absolute Gasteiger partial charge is 0.396 e. The molecule has 0 atom stereocenters. The van der Waals surface area contributed by atoms with Crippen LogP contribution >= 0.6 is 0 Å². The molecular formula is C9H11N5. The summed E-state index contributed by atoms with van der Waals surface area (Å²) in [7, 11) is 0. The Hall–Kier alpha value is -1.91. The number of nitrogens with zero attached hydrogens (tertiary/aromatic N) is 4. The summed E-state index contributed by atoms with van der Waals surface area (Å²) >= 11 is 0. The lowest BCUT2D eigenvalue weighted by molar-refractivity contribution is 0.799. The van der Waals surface area contributed by atoms with Gasteiger partial charge in [-0.3, -0.25) is 4.98 Å². The van der Waals surface area contributed by atoms with E-state index in [1.165, 1.54) is 0 Å². The Morgan fingerprint density at radius 1 is 1.29 bits per heavy atom. The van der Waals surface area contributed by atoms with E-state index < -0.39 is 0 Å². The molecule has 2 N–H and O–H groups in total. The van der Waals surface area contributed by atoms with E-state index in [1.807, 2.05) is 13.8 Å². The molecule has 0 radical (unpaired) electrons. The van der Waals surface area contributed by atoms with Gasteiger partial charge < -0.3 is 5.73 Å². The molecule has 0 saturated heterocycles. The minimum atomic E-state index is 0.685. The first kappa shape index (κ1) is 8.68. The topological polar surface area (TPSA) is 69.6 Å². The molecule has 14 heavy (non-hydrogen) atoms. The molecule has 0 aliphatic heterocycles. The van der Waals surface area contributed by atoms with Gasteiger partial charge in [-0.05, 0) is 13.8 Å². The molecule has 2 heterocycles. The Balaban J connectivity index is 2.58. The molecule has 0 aromatic carbocycles. The van der Waals surface area contributed by atoms with Crippen LogP contribution in [0.4, 0.5) is 5.69 Å².